The van der Waals surface area contributed by atoms with Gasteiger partial charge in [-0.2, -0.15) is 0 Å². The molecule has 0 saturated carbocycles. The smallest absolute Gasteiger partial charge is 0.0244 e. The average Bonchev–Trinajstić information content (AvgIpc) is 2.39. The van der Waals surface area contributed by atoms with Crippen molar-refractivity contribution >= 4 is 15.9 Å². The molecule has 0 spiro atoms. The molecule has 92 valence electrons. The summed E-state index contributed by atoms with van der Waals surface area (Å²) in [6.45, 7) is 0. The van der Waals surface area contributed by atoms with Crippen molar-refractivity contribution in [2.45, 2.75) is 24.8 Å². The Morgan fingerprint density at radius 3 is 2.61 bits per heavy atom. The van der Waals surface area contributed by atoms with Gasteiger partial charge in [-0.05, 0) is 41.7 Å². The molecule has 1 aliphatic rings. The van der Waals surface area contributed by atoms with Crippen LogP contribution in [0.5, 0.6) is 0 Å². The summed E-state index contributed by atoms with van der Waals surface area (Å²) in [5, 5.41) is 0. The zero-order valence-corrected chi connectivity index (χ0v) is 11.7. The molecule has 18 heavy (non-hydrogen) atoms. The maximum Gasteiger partial charge on any atom is 0.0244 e. The van der Waals surface area contributed by atoms with Crippen LogP contribution in [0.2, 0.25) is 0 Å². The normalized spacial score (nSPS) is 22.6. The molecule has 1 nitrogen and oxygen atoms in total. The van der Waals surface area contributed by atoms with Gasteiger partial charge in [0.15, 0.2) is 0 Å². The van der Waals surface area contributed by atoms with Crippen molar-refractivity contribution in [3.05, 3.63) is 69.7 Å². The first kappa shape index (κ1) is 11.9. The Kier molecular flexibility index (Phi) is 3.23. The van der Waals surface area contributed by atoms with Crippen LogP contribution in [0.25, 0.3) is 0 Å². The van der Waals surface area contributed by atoms with Crippen LogP contribution >= 0.6 is 15.9 Å². The lowest BCUT2D eigenvalue weighted by Crippen LogP contribution is -2.33. The zero-order valence-electron chi connectivity index (χ0n) is 10.1. The van der Waals surface area contributed by atoms with Crippen LogP contribution in [0.3, 0.4) is 0 Å². The van der Waals surface area contributed by atoms with E-state index in [-0.39, 0.29) is 6.04 Å². The van der Waals surface area contributed by atoms with Crippen LogP contribution in [-0.4, -0.2) is 6.04 Å². The number of aryl methyl sites for hydroxylation is 1. The number of hydrogen-bond donors (Lipinski definition) is 1. The first-order chi connectivity index (χ1) is 8.75. The summed E-state index contributed by atoms with van der Waals surface area (Å²) in [6, 6.07) is 17.4. The number of rotatable bonds is 1. The van der Waals surface area contributed by atoms with Crippen molar-refractivity contribution < 1.29 is 0 Å². The van der Waals surface area contributed by atoms with E-state index in [1.54, 1.807) is 0 Å². The topological polar surface area (TPSA) is 26.0 Å². The molecule has 1 aliphatic carbocycles. The lowest BCUT2D eigenvalue weighted by Gasteiger charge is -2.32. The third kappa shape index (κ3) is 2.11. The summed E-state index contributed by atoms with van der Waals surface area (Å²) in [7, 11) is 0. The van der Waals surface area contributed by atoms with Gasteiger partial charge >= 0.3 is 0 Å². The highest BCUT2D eigenvalue weighted by Crippen LogP contribution is 2.37. The van der Waals surface area contributed by atoms with Crippen LogP contribution in [-0.2, 0) is 6.42 Å². The molecule has 0 saturated heterocycles. The van der Waals surface area contributed by atoms with Crippen LogP contribution in [0, 0.1) is 0 Å². The van der Waals surface area contributed by atoms with E-state index in [0.717, 1.165) is 17.3 Å². The molecular weight excluding hydrogens is 286 g/mol. The lowest BCUT2D eigenvalue weighted by atomic mass is 9.76. The lowest BCUT2D eigenvalue weighted by molar-refractivity contribution is 0.518. The first-order valence-electron chi connectivity index (χ1n) is 6.34. The quantitative estimate of drug-likeness (QED) is 0.850. The second kappa shape index (κ2) is 4.87. The summed E-state index contributed by atoms with van der Waals surface area (Å²) in [6.07, 6.45) is 2.15. The van der Waals surface area contributed by atoms with Gasteiger partial charge in [0.1, 0.15) is 0 Å². The number of benzene rings is 2. The van der Waals surface area contributed by atoms with E-state index in [1.165, 1.54) is 16.7 Å². The molecule has 0 amide bonds. The summed E-state index contributed by atoms with van der Waals surface area (Å²) in [5.41, 5.74) is 10.5. The minimum absolute atomic E-state index is 0.217. The van der Waals surface area contributed by atoms with E-state index in [2.05, 4.69) is 64.5 Å². The largest absolute Gasteiger partial charge is 0.327 e. The highest BCUT2D eigenvalue weighted by atomic mass is 79.9. The van der Waals surface area contributed by atoms with Crippen LogP contribution in [0.15, 0.2) is 53.0 Å². The summed E-state index contributed by atoms with van der Waals surface area (Å²) in [4.78, 5) is 0. The van der Waals surface area contributed by atoms with Gasteiger partial charge in [0.25, 0.3) is 0 Å². The molecule has 3 rings (SSSR count). The monoisotopic (exact) mass is 301 g/mol. The van der Waals surface area contributed by atoms with Crippen molar-refractivity contribution in [3.8, 4) is 0 Å². The molecule has 2 aromatic carbocycles. The summed E-state index contributed by atoms with van der Waals surface area (Å²) < 4.78 is 1.14. The van der Waals surface area contributed by atoms with Gasteiger partial charge in [0.2, 0.25) is 0 Å². The maximum absolute atomic E-state index is 6.36. The Balaban J connectivity index is 2.12. The molecule has 2 heteroatoms. The van der Waals surface area contributed by atoms with Gasteiger partial charge in [0.05, 0.1) is 0 Å². The average molecular weight is 302 g/mol. The SMILES string of the molecule is NC1CCc2ccc(Br)cc2C1c1ccccc1. The fourth-order valence-corrected chi connectivity index (χ4v) is 3.27. The van der Waals surface area contributed by atoms with Crippen LogP contribution in [0.4, 0.5) is 0 Å². The predicted molar refractivity (Wildman–Crippen MR) is 78.7 cm³/mol. The van der Waals surface area contributed by atoms with Gasteiger partial charge in [0, 0.05) is 16.4 Å². The minimum Gasteiger partial charge on any atom is -0.327 e. The fraction of sp³-hybridized carbons (Fsp3) is 0.250. The molecule has 0 aromatic heterocycles. The van der Waals surface area contributed by atoms with Crippen LogP contribution in [0.1, 0.15) is 29.0 Å². The molecule has 2 atom stereocenters. The summed E-state index contributed by atoms with van der Waals surface area (Å²) in [5.74, 6) is 0.326. The fourth-order valence-electron chi connectivity index (χ4n) is 2.89. The molecule has 2 N–H and O–H groups in total. The second-order valence-electron chi connectivity index (χ2n) is 4.93. The number of hydrogen-bond acceptors (Lipinski definition) is 1. The van der Waals surface area contributed by atoms with Crippen molar-refractivity contribution in [3.63, 3.8) is 0 Å². The maximum atomic E-state index is 6.36. The first-order valence-corrected chi connectivity index (χ1v) is 7.14. The Labute approximate surface area is 116 Å². The molecule has 0 heterocycles. The molecule has 2 unspecified atom stereocenters. The standard InChI is InChI=1S/C16H16BrN/c17-13-8-6-11-7-9-15(18)16(14(11)10-13)12-4-2-1-3-5-12/h1-6,8,10,15-16H,7,9,18H2. The predicted octanol–water partition coefficient (Wildman–Crippen LogP) is 3.85. The van der Waals surface area contributed by atoms with Gasteiger partial charge < -0.3 is 5.73 Å². The van der Waals surface area contributed by atoms with Gasteiger partial charge in [-0.15, -0.1) is 0 Å². The highest BCUT2D eigenvalue weighted by molar-refractivity contribution is 9.10. The van der Waals surface area contributed by atoms with Crippen molar-refractivity contribution in [1.29, 1.82) is 0 Å². The molecular formula is C16H16BrN. The Bertz CT molecular complexity index is 550. The van der Waals surface area contributed by atoms with E-state index in [9.17, 15) is 0 Å². The molecule has 0 aliphatic heterocycles. The van der Waals surface area contributed by atoms with E-state index < -0.39 is 0 Å². The second-order valence-corrected chi connectivity index (χ2v) is 5.85. The summed E-state index contributed by atoms with van der Waals surface area (Å²) >= 11 is 3.57. The third-order valence-electron chi connectivity index (χ3n) is 3.78. The molecule has 0 bridgehead atoms. The van der Waals surface area contributed by atoms with E-state index in [4.69, 9.17) is 5.73 Å². The molecule has 0 fully saturated rings. The van der Waals surface area contributed by atoms with Gasteiger partial charge in [-0.3, -0.25) is 0 Å². The Morgan fingerprint density at radius 2 is 1.83 bits per heavy atom. The molecule has 2 aromatic rings. The van der Waals surface area contributed by atoms with E-state index in [0.29, 0.717) is 5.92 Å². The zero-order chi connectivity index (χ0) is 12.5. The van der Waals surface area contributed by atoms with Crippen LogP contribution < -0.4 is 5.73 Å². The Morgan fingerprint density at radius 1 is 1.06 bits per heavy atom. The number of nitrogens with two attached hydrogens (primary N) is 1. The Hall–Kier alpha value is -1.12. The number of halogens is 1. The van der Waals surface area contributed by atoms with Gasteiger partial charge in [-0.25, -0.2) is 0 Å². The van der Waals surface area contributed by atoms with E-state index in [1.807, 2.05) is 0 Å². The van der Waals surface area contributed by atoms with E-state index >= 15 is 0 Å². The minimum atomic E-state index is 0.217. The van der Waals surface area contributed by atoms with Crippen molar-refractivity contribution in [2.75, 3.05) is 0 Å². The number of fused-ring (bicyclic) bond motifs is 1. The van der Waals surface area contributed by atoms with Gasteiger partial charge in [-0.1, -0.05) is 52.3 Å². The third-order valence-corrected chi connectivity index (χ3v) is 4.27. The molecule has 0 radical (unpaired) electrons. The highest BCUT2D eigenvalue weighted by Gasteiger charge is 2.28. The van der Waals surface area contributed by atoms with Crippen molar-refractivity contribution in [2.24, 2.45) is 5.73 Å². The van der Waals surface area contributed by atoms with Crippen molar-refractivity contribution in [1.82, 2.24) is 0 Å².